The SMILES string of the molecule is CCCCCC(N)C1=CCCCC1. The Morgan fingerprint density at radius 1 is 1.38 bits per heavy atom. The van der Waals surface area contributed by atoms with Crippen molar-refractivity contribution >= 4 is 0 Å². The van der Waals surface area contributed by atoms with E-state index in [1.165, 1.54) is 56.9 Å². The first kappa shape index (κ1) is 10.8. The maximum Gasteiger partial charge on any atom is 0.0253 e. The molecule has 0 aromatic heterocycles. The fraction of sp³-hybridized carbons (Fsp3) is 0.833. The summed E-state index contributed by atoms with van der Waals surface area (Å²) in [6.07, 6.45) is 12.7. The Labute approximate surface area is 82.4 Å². The first-order valence-corrected chi connectivity index (χ1v) is 5.79. The van der Waals surface area contributed by atoms with E-state index in [2.05, 4.69) is 13.0 Å². The van der Waals surface area contributed by atoms with Gasteiger partial charge in [0.25, 0.3) is 0 Å². The van der Waals surface area contributed by atoms with Gasteiger partial charge < -0.3 is 5.73 Å². The number of unbranched alkanes of at least 4 members (excludes halogenated alkanes) is 2. The highest BCUT2D eigenvalue weighted by Crippen LogP contribution is 2.21. The van der Waals surface area contributed by atoms with E-state index < -0.39 is 0 Å². The quantitative estimate of drug-likeness (QED) is 0.510. The predicted octanol–water partition coefficient (Wildman–Crippen LogP) is 3.39. The first-order valence-electron chi connectivity index (χ1n) is 5.79. The summed E-state index contributed by atoms with van der Waals surface area (Å²) in [7, 11) is 0. The minimum atomic E-state index is 0.367. The highest BCUT2D eigenvalue weighted by molar-refractivity contribution is 5.11. The van der Waals surface area contributed by atoms with Crippen LogP contribution < -0.4 is 5.73 Å². The van der Waals surface area contributed by atoms with Gasteiger partial charge in [0.05, 0.1) is 0 Å². The van der Waals surface area contributed by atoms with Gasteiger partial charge in [-0.2, -0.15) is 0 Å². The average Bonchev–Trinajstić information content (AvgIpc) is 2.19. The second-order valence-corrected chi connectivity index (χ2v) is 4.13. The number of hydrogen-bond donors (Lipinski definition) is 1. The second kappa shape index (κ2) is 6.20. The van der Waals surface area contributed by atoms with Crippen LogP contribution in [0.5, 0.6) is 0 Å². The molecule has 76 valence electrons. The number of allylic oxidation sites excluding steroid dienone is 1. The van der Waals surface area contributed by atoms with Crippen molar-refractivity contribution in [3.05, 3.63) is 11.6 Å². The first-order chi connectivity index (χ1) is 6.34. The lowest BCUT2D eigenvalue weighted by Gasteiger charge is -2.19. The van der Waals surface area contributed by atoms with E-state index in [-0.39, 0.29) is 0 Å². The van der Waals surface area contributed by atoms with Gasteiger partial charge in [-0.25, -0.2) is 0 Å². The molecule has 1 atom stereocenters. The molecule has 1 aliphatic rings. The van der Waals surface area contributed by atoms with Crippen molar-refractivity contribution < 1.29 is 0 Å². The van der Waals surface area contributed by atoms with Gasteiger partial charge in [0.2, 0.25) is 0 Å². The lowest BCUT2D eigenvalue weighted by atomic mass is 9.91. The summed E-state index contributed by atoms with van der Waals surface area (Å²) in [6.45, 7) is 2.24. The van der Waals surface area contributed by atoms with Gasteiger partial charge in [-0.3, -0.25) is 0 Å². The van der Waals surface area contributed by atoms with E-state index in [4.69, 9.17) is 5.73 Å². The monoisotopic (exact) mass is 181 g/mol. The third kappa shape index (κ3) is 3.95. The van der Waals surface area contributed by atoms with E-state index in [1.807, 2.05) is 0 Å². The van der Waals surface area contributed by atoms with Gasteiger partial charge >= 0.3 is 0 Å². The number of nitrogens with two attached hydrogens (primary N) is 1. The van der Waals surface area contributed by atoms with Crippen molar-refractivity contribution in [3.8, 4) is 0 Å². The summed E-state index contributed by atoms with van der Waals surface area (Å²) in [6, 6.07) is 0.367. The number of hydrogen-bond acceptors (Lipinski definition) is 1. The van der Waals surface area contributed by atoms with E-state index >= 15 is 0 Å². The maximum absolute atomic E-state index is 6.12. The largest absolute Gasteiger partial charge is 0.324 e. The van der Waals surface area contributed by atoms with E-state index in [0.717, 1.165) is 0 Å². The molecule has 0 saturated carbocycles. The van der Waals surface area contributed by atoms with Crippen LogP contribution in [-0.2, 0) is 0 Å². The molecule has 0 saturated heterocycles. The fourth-order valence-corrected chi connectivity index (χ4v) is 2.00. The van der Waals surface area contributed by atoms with Gasteiger partial charge in [0.1, 0.15) is 0 Å². The zero-order valence-electron chi connectivity index (χ0n) is 8.89. The molecule has 1 unspecified atom stereocenters. The molecule has 0 aliphatic heterocycles. The Morgan fingerprint density at radius 2 is 2.23 bits per heavy atom. The normalized spacial score (nSPS) is 19.7. The highest BCUT2D eigenvalue weighted by Gasteiger charge is 2.10. The van der Waals surface area contributed by atoms with Crippen LogP contribution in [0.3, 0.4) is 0 Å². The lowest BCUT2D eigenvalue weighted by Crippen LogP contribution is -2.23. The maximum atomic E-state index is 6.12. The van der Waals surface area contributed by atoms with E-state index in [9.17, 15) is 0 Å². The molecule has 0 amide bonds. The molecule has 0 heterocycles. The molecule has 0 aromatic rings. The van der Waals surface area contributed by atoms with Gasteiger partial charge in [-0.1, -0.05) is 37.8 Å². The smallest absolute Gasteiger partial charge is 0.0253 e. The Morgan fingerprint density at radius 3 is 2.85 bits per heavy atom. The molecule has 1 heteroatoms. The summed E-state index contributed by atoms with van der Waals surface area (Å²) in [5.74, 6) is 0. The van der Waals surface area contributed by atoms with Crippen molar-refractivity contribution in [1.29, 1.82) is 0 Å². The minimum absolute atomic E-state index is 0.367. The zero-order chi connectivity index (χ0) is 9.52. The topological polar surface area (TPSA) is 26.0 Å². The summed E-state index contributed by atoms with van der Waals surface area (Å²) in [5.41, 5.74) is 7.65. The molecule has 0 bridgehead atoms. The van der Waals surface area contributed by atoms with Crippen LogP contribution in [0.4, 0.5) is 0 Å². The standard InChI is InChI=1S/C12H23N/c1-2-3-5-10-12(13)11-8-6-4-7-9-11/h8,12H,2-7,9-10,13H2,1H3. The zero-order valence-corrected chi connectivity index (χ0v) is 8.89. The Kier molecular flexibility index (Phi) is 5.14. The number of rotatable bonds is 5. The molecule has 2 N–H and O–H groups in total. The van der Waals surface area contributed by atoms with Crippen molar-refractivity contribution in [2.24, 2.45) is 5.73 Å². The third-order valence-electron chi connectivity index (χ3n) is 2.92. The van der Waals surface area contributed by atoms with Gasteiger partial charge in [-0.15, -0.1) is 0 Å². The highest BCUT2D eigenvalue weighted by atomic mass is 14.6. The van der Waals surface area contributed by atoms with Crippen molar-refractivity contribution in [2.45, 2.75) is 64.3 Å². The molecule has 0 fully saturated rings. The molecular formula is C12H23N. The molecule has 1 nitrogen and oxygen atoms in total. The van der Waals surface area contributed by atoms with Crippen molar-refractivity contribution in [3.63, 3.8) is 0 Å². The molecule has 1 rings (SSSR count). The van der Waals surface area contributed by atoms with Gasteiger partial charge in [0.15, 0.2) is 0 Å². The minimum Gasteiger partial charge on any atom is -0.324 e. The van der Waals surface area contributed by atoms with Gasteiger partial charge in [0, 0.05) is 6.04 Å². The van der Waals surface area contributed by atoms with Crippen molar-refractivity contribution in [1.82, 2.24) is 0 Å². The van der Waals surface area contributed by atoms with Gasteiger partial charge in [-0.05, 0) is 32.1 Å². The lowest BCUT2D eigenvalue weighted by molar-refractivity contribution is 0.567. The van der Waals surface area contributed by atoms with Crippen LogP contribution in [0.1, 0.15) is 58.3 Å². The molecule has 0 radical (unpaired) electrons. The van der Waals surface area contributed by atoms with E-state index in [0.29, 0.717) is 6.04 Å². The van der Waals surface area contributed by atoms with Crippen LogP contribution in [0.2, 0.25) is 0 Å². The fourth-order valence-electron chi connectivity index (χ4n) is 2.00. The third-order valence-corrected chi connectivity index (χ3v) is 2.92. The molecular weight excluding hydrogens is 158 g/mol. The van der Waals surface area contributed by atoms with Crippen LogP contribution in [0.15, 0.2) is 11.6 Å². The summed E-state index contributed by atoms with van der Waals surface area (Å²) in [5, 5.41) is 0. The summed E-state index contributed by atoms with van der Waals surface area (Å²) in [4.78, 5) is 0. The Bertz CT molecular complexity index is 161. The Balaban J connectivity index is 2.21. The molecule has 13 heavy (non-hydrogen) atoms. The van der Waals surface area contributed by atoms with Crippen LogP contribution in [0, 0.1) is 0 Å². The molecule has 1 aliphatic carbocycles. The molecule has 0 aromatic carbocycles. The summed E-state index contributed by atoms with van der Waals surface area (Å²) >= 11 is 0. The van der Waals surface area contributed by atoms with Crippen molar-refractivity contribution in [2.75, 3.05) is 0 Å². The summed E-state index contributed by atoms with van der Waals surface area (Å²) < 4.78 is 0. The molecule has 0 spiro atoms. The van der Waals surface area contributed by atoms with E-state index in [1.54, 1.807) is 0 Å². The van der Waals surface area contributed by atoms with Crippen LogP contribution in [0.25, 0.3) is 0 Å². The van der Waals surface area contributed by atoms with Crippen LogP contribution in [-0.4, -0.2) is 6.04 Å². The van der Waals surface area contributed by atoms with Crippen LogP contribution >= 0.6 is 0 Å². The second-order valence-electron chi connectivity index (χ2n) is 4.13. The Hall–Kier alpha value is -0.300. The predicted molar refractivity (Wildman–Crippen MR) is 58.7 cm³/mol. The average molecular weight is 181 g/mol.